The summed E-state index contributed by atoms with van der Waals surface area (Å²) in [6.07, 6.45) is -0.177. The molecule has 0 fully saturated rings. The Morgan fingerprint density at radius 2 is 2.25 bits per heavy atom. The van der Waals surface area contributed by atoms with E-state index in [1.54, 1.807) is 0 Å². The lowest BCUT2D eigenvalue weighted by molar-refractivity contribution is -0.129. The van der Waals surface area contributed by atoms with Crippen LogP contribution in [0.2, 0.25) is 0 Å². The van der Waals surface area contributed by atoms with Gasteiger partial charge in [0.25, 0.3) is 11.8 Å². The highest BCUT2D eigenvalue weighted by atomic mass is 16.2. The van der Waals surface area contributed by atoms with Crippen molar-refractivity contribution in [3.8, 4) is 0 Å². The lowest BCUT2D eigenvalue weighted by Gasteiger charge is -1.97. The molecule has 5 nitrogen and oxygen atoms in total. The molecule has 2 amide bonds. The topological polar surface area (TPSA) is 70.9 Å². The molecule has 0 aromatic carbocycles. The zero-order valence-electron chi connectivity index (χ0n) is 3.92. The molecule has 1 aliphatic rings. The molecule has 42 valence electrons. The standard InChI is InChI=1S/C3H3N3O2/c7-2-1-3(8)5-6-4-2/h1H2,(H,4,5,7,8). The van der Waals surface area contributed by atoms with Crippen molar-refractivity contribution in [1.82, 2.24) is 5.43 Å². The predicted octanol–water partition coefficient (Wildman–Crippen LogP) is -0.600. The van der Waals surface area contributed by atoms with Gasteiger partial charge in [0.2, 0.25) is 0 Å². The molecular weight excluding hydrogens is 110 g/mol. The average molecular weight is 113 g/mol. The van der Waals surface area contributed by atoms with Crippen molar-refractivity contribution >= 4 is 11.8 Å². The number of carbonyl (C=O) groups excluding carboxylic acids is 2. The van der Waals surface area contributed by atoms with Crippen LogP contribution >= 0.6 is 0 Å². The SMILES string of the molecule is O=C1CC(=O)NN=N1. The summed E-state index contributed by atoms with van der Waals surface area (Å²) in [7, 11) is 0. The molecule has 1 N–H and O–H groups in total. The van der Waals surface area contributed by atoms with Crippen molar-refractivity contribution in [2.45, 2.75) is 6.42 Å². The molecule has 0 spiro atoms. The Hall–Kier alpha value is -1.26. The van der Waals surface area contributed by atoms with Crippen molar-refractivity contribution in [3.63, 3.8) is 0 Å². The number of carbonyl (C=O) groups is 2. The summed E-state index contributed by atoms with van der Waals surface area (Å²) in [6, 6.07) is 0. The van der Waals surface area contributed by atoms with E-state index < -0.39 is 11.8 Å². The molecule has 1 rings (SSSR count). The third-order valence-corrected chi connectivity index (χ3v) is 0.648. The molecule has 0 aliphatic carbocycles. The molecule has 1 aliphatic heterocycles. The molecule has 0 atom stereocenters. The van der Waals surface area contributed by atoms with Crippen molar-refractivity contribution < 1.29 is 9.59 Å². The van der Waals surface area contributed by atoms with Crippen LogP contribution in [0, 0.1) is 0 Å². The molecule has 0 bridgehead atoms. The van der Waals surface area contributed by atoms with Gasteiger partial charge in [-0.3, -0.25) is 9.59 Å². The lowest BCUT2D eigenvalue weighted by Crippen LogP contribution is -2.23. The Labute approximate surface area is 44.8 Å². The van der Waals surface area contributed by atoms with Crippen LogP contribution in [0.15, 0.2) is 10.3 Å². The molecule has 1 heterocycles. The highest BCUT2D eigenvalue weighted by molar-refractivity contribution is 5.98. The number of amides is 2. The maximum atomic E-state index is 10.2. The van der Waals surface area contributed by atoms with Crippen LogP contribution in [0.25, 0.3) is 0 Å². The van der Waals surface area contributed by atoms with Gasteiger partial charge in [0.05, 0.1) is 0 Å². The first kappa shape index (κ1) is 4.89. The van der Waals surface area contributed by atoms with Gasteiger partial charge in [-0.05, 0) is 0 Å². The molecule has 8 heavy (non-hydrogen) atoms. The molecule has 0 aromatic heterocycles. The van der Waals surface area contributed by atoms with Crippen molar-refractivity contribution in [3.05, 3.63) is 0 Å². The summed E-state index contributed by atoms with van der Waals surface area (Å²) in [5.41, 5.74) is 2.01. The fourth-order valence-corrected chi connectivity index (χ4v) is 0.349. The maximum absolute atomic E-state index is 10.2. The first-order valence-corrected chi connectivity index (χ1v) is 2.01. The van der Waals surface area contributed by atoms with E-state index in [1.807, 2.05) is 5.43 Å². The number of hydrogen-bond acceptors (Lipinski definition) is 3. The van der Waals surface area contributed by atoms with Crippen LogP contribution in [0.3, 0.4) is 0 Å². The van der Waals surface area contributed by atoms with E-state index in [0.717, 1.165) is 0 Å². The highest BCUT2D eigenvalue weighted by Gasteiger charge is 2.11. The lowest BCUT2D eigenvalue weighted by atomic mass is 10.4. The summed E-state index contributed by atoms with van der Waals surface area (Å²) in [5, 5.41) is 6.05. The quantitative estimate of drug-likeness (QED) is 0.426. The van der Waals surface area contributed by atoms with Gasteiger partial charge >= 0.3 is 0 Å². The largest absolute Gasteiger partial charge is 0.275 e. The molecule has 5 heteroatoms. The minimum atomic E-state index is -0.492. The fourth-order valence-electron chi connectivity index (χ4n) is 0.349. The Morgan fingerprint density at radius 1 is 1.50 bits per heavy atom. The number of nitrogens with zero attached hydrogens (tertiary/aromatic N) is 2. The van der Waals surface area contributed by atoms with Gasteiger partial charge in [-0.15, -0.1) is 0 Å². The Morgan fingerprint density at radius 3 is 2.62 bits per heavy atom. The van der Waals surface area contributed by atoms with Crippen LogP contribution in [-0.2, 0) is 9.59 Å². The third kappa shape index (κ3) is 0.868. The van der Waals surface area contributed by atoms with Crippen LogP contribution in [-0.4, -0.2) is 11.8 Å². The van der Waals surface area contributed by atoms with E-state index in [-0.39, 0.29) is 6.42 Å². The van der Waals surface area contributed by atoms with Crippen molar-refractivity contribution in [2.75, 3.05) is 0 Å². The van der Waals surface area contributed by atoms with Gasteiger partial charge in [-0.1, -0.05) is 10.3 Å². The number of hydrogen-bond donors (Lipinski definition) is 1. The average Bonchev–Trinajstić information content (AvgIpc) is 1.64. The second kappa shape index (κ2) is 1.69. The first-order valence-electron chi connectivity index (χ1n) is 2.01. The van der Waals surface area contributed by atoms with E-state index in [9.17, 15) is 9.59 Å². The monoisotopic (exact) mass is 113 g/mol. The second-order valence-corrected chi connectivity index (χ2v) is 1.31. The molecule has 0 saturated heterocycles. The summed E-state index contributed by atoms with van der Waals surface area (Å²) in [6.45, 7) is 0. The predicted molar refractivity (Wildman–Crippen MR) is 22.6 cm³/mol. The summed E-state index contributed by atoms with van der Waals surface area (Å²) in [4.78, 5) is 20.3. The van der Waals surface area contributed by atoms with Gasteiger partial charge < -0.3 is 0 Å². The van der Waals surface area contributed by atoms with E-state index in [2.05, 4.69) is 10.3 Å². The van der Waals surface area contributed by atoms with Gasteiger partial charge in [0.1, 0.15) is 6.42 Å². The molecular formula is C3H3N3O2. The van der Waals surface area contributed by atoms with Gasteiger partial charge in [0.15, 0.2) is 0 Å². The first-order chi connectivity index (χ1) is 3.79. The van der Waals surface area contributed by atoms with E-state index in [0.29, 0.717) is 0 Å². The van der Waals surface area contributed by atoms with Gasteiger partial charge in [0, 0.05) is 0 Å². The number of rotatable bonds is 0. The highest BCUT2D eigenvalue weighted by Crippen LogP contribution is 1.90. The molecule has 0 radical (unpaired) electrons. The second-order valence-electron chi connectivity index (χ2n) is 1.31. The van der Waals surface area contributed by atoms with Crippen LogP contribution in [0.5, 0.6) is 0 Å². The zero-order valence-corrected chi connectivity index (χ0v) is 3.92. The normalized spacial score (nSPS) is 18.5. The molecule has 0 saturated carbocycles. The van der Waals surface area contributed by atoms with Crippen molar-refractivity contribution in [1.29, 1.82) is 0 Å². The minimum absolute atomic E-state index is 0.177. The van der Waals surface area contributed by atoms with Crippen molar-refractivity contribution in [2.24, 2.45) is 10.3 Å². The van der Waals surface area contributed by atoms with Gasteiger partial charge in [-0.2, -0.15) is 0 Å². The van der Waals surface area contributed by atoms with E-state index in [1.165, 1.54) is 0 Å². The fraction of sp³-hybridized carbons (Fsp3) is 0.333. The minimum Gasteiger partial charge on any atom is -0.273 e. The molecule has 0 aromatic rings. The zero-order chi connectivity index (χ0) is 5.98. The maximum Gasteiger partial charge on any atom is 0.275 e. The number of nitrogens with one attached hydrogen (secondary N) is 1. The molecule has 0 unspecified atom stereocenters. The Balaban J connectivity index is 2.68. The Kier molecular flexibility index (Phi) is 1.03. The smallest absolute Gasteiger partial charge is 0.273 e. The Bertz CT molecular complexity index is 162. The third-order valence-electron chi connectivity index (χ3n) is 0.648. The van der Waals surface area contributed by atoms with E-state index >= 15 is 0 Å². The van der Waals surface area contributed by atoms with Crippen LogP contribution in [0.4, 0.5) is 0 Å². The summed E-state index contributed by atoms with van der Waals surface area (Å²) in [5.74, 6) is -0.890. The summed E-state index contributed by atoms with van der Waals surface area (Å²) < 4.78 is 0. The summed E-state index contributed by atoms with van der Waals surface area (Å²) >= 11 is 0. The van der Waals surface area contributed by atoms with Crippen LogP contribution in [0.1, 0.15) is 6.42 Å². The van der Waals surface area contributed by atoms with Crippen LogP contribution < -0.4 is 5.43 Å². The van der Waals surface area contributed by atoms with E-state index in [4.69, 9.17) is 0 Å². The van der Waals surface area contributed by atoms with Gasteiger partial charge in [-0.25, -0.2) is 5.43 Å².